The summed E-state index contributed by atoms with van der Waals surface area (Å²) >= 11 is 0. The van der Waals surface area contributed by atoms with Crippen molar-refractivity contribution in [1.29, 1.82) is 0 Å². The van der Waals surface area contributed by atoms with Crippen LogP contribution in [-0.2, 0) is 0 Å². The largest absolute Gasteiger partial charge is 0.451 e. The summed E-state index contributed by atoms with van der Waals surface area (Å²) < 4.78 is 5.60. The molecule has 0 aliphatic heterocycles. The van der Waals surface area contributed by atoms with Crippen molar-refractivity contribution in [3.05, 3.63) is 30.0 Å². The molecule has 0 saturated heterocycles. The Morgan fingerprint density at radius 3 is 2.74 bits per heavy atom. The molecule has 4 heteroatoms. The van der Waals surface area contributed by atoms with E-state index in [1.807, 2.05) is 13.0 Å². The molecule has 2 N–H and O–H groups in total. The van der Waals surface area contributed by atoms with Crippen LogP contribution in [0.25, 0.3) is 11.0 Å². The average Bonchev–Trinajstić information content (AvgIpc) is 2.77. The predicted molar refractivity (Wildman–Crippen MR) is 77.0 cm³/mol. The van der Waals surface area contributed by atoms with Gasteiger partial charge in [-0.15, -0.1) is 0 Å². The second-order valence-corrected chi connectivity index (χ2v) is 5.15. The summed E-state index contributed by atoms with van der Waals surface area (Å²) in [7, 11) is 0. The first kappa shape index (κ1) is 13.5. The van der Waals surface area contributed by atoms with Gasteiger partial charge in [-0.05, 0) is 37.1 Å². The van der Waals surface area contributed by atoms with Crippen LogP contribution in [0.4, 0.5) is 5.69 Å². The number of hydrogen-bond donors (Lipinski definition) is 1. The number of rotatable bonds is 4. The van der Waals surface area contributed by atoms with Gasteiger partial charge in [0.25, 0.3) is 5.91 Å². The van der Waals surface area contributed by atoms with E-state index in [0.29, 0.717) is 29.5 Å². The molecule has 0 saturated carbocycles. The number of fused-ring (bicyclic) bond motifs is 1. The van der Waals surface area contributed by atoms with Crippen LogP contribution in [0.5, 0.6) is 0 Å². The van der Waals surface area contributed by atoms with Gasteiger partial charge in [0.2, 0.25) is 0 Å². The van der Waals surface area contributed by atoms with E-state index in [2.05, 4.69) is 13.8 Å². The van der Waals surface area contributed by atoms with Gasteiger partial charge < -0.3 is 15.1 Å². The first-order valence-corrected chi connectivity index (χ1v) is 6.59. The fourth-order valence-electron chi connectivity index (χ4n) is 2.12. The molecule has 2 rings (SSSR count). The Hall–Kier alpha value is -1.97. The maximum Gasteiger partial charge on any atom is 0.289 e. The molecule has 1 aromatic heterocycles. The Balaban J connectivity index is 2.29. The summed E-state index contributed by atoms with van der Waals surface area (Å²) in [6, 6.07) is 7.14. The fraction of sp³-hybridized carbons (Fsp3) is 0.400. The molecule has 102 valence electrons. The number of amides is 1. The van der Waals surface area contributed by atoms with Crippen molar-refractivity contribution in [2.45, 2.75) is 20.8 Å². The van der Waals surface area contributed by atoms with Crippen LogP contribution >= 0.6 is 0 Å². The molecule has 0 aliphatic carbocycles. The van der Waals surface area contributed by atoms with Gasteiger partial charge in [-0.1, -0.05) is 13.8 Å². The van der Waals surface area contributed by atoms with Crippen molar-refractivity contribution in [2.75, 3.05) is 18.8 Å². The standard InChI is InChI=1S/C15H20N2O2/c1-4-17(9-10(2)3)15(18)14-8-11-7-12(16)5-6-13(11)19-14/h5-8,10H,4,9,16H2,1-3H3. The van der Waals surface area contributed by atoms with Gasteiger partial charge in [0.05, 0.1) is 0 Å². The quantitative estimate of drug-likeness (QED) is 0.859. The van der Waals surface area contributed by atoms with Crippen molar-refractivity contribution >= 4 is 22.6 Å². The van der Waals surface area contributed by atoms with E-state index >= 15 is 0 Å². The van der Waals surface area contributed by atoms with Crippen molar-refractivity contribution in [1.82, 2.24) is 4.90 Å². The van der Waals surface area contributed by atoms with E-state index in [1.54, 1.807) is 23.1 Å². The topological polar surface area (TPSA) is 59.5 Å². The summed E-state index contributed by atoms with van der Waals surface area (Å²) in [5.74, 6) is 0.748. The van der Waals surface area contributed by atoms with Gasteiger partial charge >= 0.3 is 0 Å². The minimum absolute atomic E-state index is 0.0639. The van der Waals surface area contributed by atoms with Gasteiger partial charge in [0, 0.05) is 24.2 Å². The second kappa shape index (κ2) is 5.34. The van der Waals surface area contributed by atoms with Crippen molar-refractivity contribution in [2.24, 2.45) is 5.92 Å². The third-order valence-electron chi connectivity index (χ3n) is 3.01. The Bertz CT molecular complexity index is 587. The number of nitrogens with two attached hydrogens (primary N) is 1. The molecule has 0 radical (unpaired) electrons. The second-order valence-electron chi connectivity index (χ2n) is 5.15. The van der Waals surface area contributed by atoms with Crippen molar-refractivity contribution < 1.29 is 9.21 Å². The first-order chi connectivity index (χ1) is 9.01. The Kier molecular flexibility index (Phi) is 3.79. The molecule has 19 heavy (non-hydrogen) atoms. The van der Waals surface area contributed by atoms with Crippen molar-refractivity contribution in [3.8, 4) is 0 Å². The molecule has 1 heterocycles. The lowest BCUT2D eigenvalue weighted by Crippen LogP contribution is -2.33. The first-order valence-electron chi connectivity index (χ1n) is 6.59. The lowest BCUT2D eigenvalue weighted by molar-refractivity contribution is 0.0716. The molecule has 0 unspecified atom stereocenters. The molecule has 0 fully saturated rings. The Labute approximate surface area is 113 Å². The van der Waals surface area contributed by atoms with Gasteiger partial charge in [-0.25, -0.2) is 0 Å². The lowest BCUT2D eigenvalue weighted by Gasteiger charge is -2.21. The normalized spacial score (nSPS) is 11.2. The molecule has 0 aliphatic rings. The zero-order valence-corrected chi connectivity index (χ0v) is 11.6. The molecular weight excluding hydrogens is 240 g/mol. The third-order valence-corrected chi connectivity index (χ3v) is 3.01. The zero-order chi connectivity index (χ0) is 14.0. The highest BCUT2D eigenvalue weighted by atomic mass is 16.3. The van der Waals surface area contributed by atoms with Crippen LogP contribution in [0.3, 0.4) is 0 Å². The van der Waals surface area contributed by atoms with Crippen LogP contribution in [0.2, 0.25) is 0 Å². The van der Waals surface area contributed by atoms with Gasteiger partial charge in [-0.3, -0.25) is 4.79 Å². The number of benzene rings is 1. The van der Waals surface area contributed by atoms with E-state index < -0.39 is 0 Å². The van der Waals surface area contributed by atoms with Crippen LogP contribution in [0.1, 0.15) is 31.3 Å². The van der Waals surface area contributed by atoms with Crippen molar-refractivity contribution in [3.63, 3.8) is 0 Å². The molecule has 0 atom stereocenters. The summed E-state index contributed by atoms with van der Waals surface area (Å²) in [6.07, 6.45) is 0. The predicted octanol–water partition coefficient (Wildman–Crippen LogP) is 3.13. The van der Waals surface area contributed by atoms with Crippen LogP contribution in [-0.4, -0.2) is 23.9 Å². The number of anilines is 1. The molecule has 0 spiro atoms. The average molecular weight is 260 g/mol. The molecule has 1 aromatic carbocycles. The van der Waals surface area contributed by atoms with Crippen LogP contribution in [0.15, 0.2) is 28.7 Å². The molecule has 2 aromatic rings. The number of nitrogens with zero attached hydrogens (tertiary/aromatic N) is 1. The summed E-state index contributed by atoms with van der Waals surface area (Å²) in [5.41, 5.74) is 7.09. The zero-order valence-electron chi connectivity index (χ0n) is 11.6. The number of carbonyl (C=O) groups excluding carboxylic acids is 1. The maximum atomic E-state index is 12.4. The summed E-state index contributed by atoms with van der Waals surface area (Å²) in [5, 5.41) is 0.865. The maximum absolute atomic E-state index is 12.4. The number of furan rings is 1. The summed E-state index contributed by atoms with van der Waals surface area (Å²) in [4.78, 5) is 14.2. The smallest absolute Gasteiger partial charge is 0.289 e. The Morgan fingerprint density at radius 2 is 2.11 bits per heavy atom. The van der Waals surface area contributed by atoms with E-state index in [0.717, 1.165) is 11.9 Å². The van der Waals surface area contributed by atoms with Crippen LogP contribution < -0.4 is 5.73 Å². The van der Waals surface area contributed by atoms with E-state index in [1.165, 1.54) is 0 Å². The van der Waals surface area contributed by atoms with E-state index in [9.17, 15) is 4.79 Å². The molecule has 0 bridgehead atoms. The van der Waals surface area contributed by atoms with Gasteiger partial charge in [0.15, 0.2) is 5.76 Å². The molecular formula is C15H20N2O2. The number of hydrogen-bond acceptors (Lipinski definition) is 3. The van der Waals surface area contributed by atoms with E-state index in [-0.39, 0.29) is 5.91 Å². The highest BCUT2D eigenvalue weighted by molar-refractivity contribution is 5.96. The highest BCUT2D eigenvalue weighted by Gasteiger charge is 2.19. The minimum Gasteiger partial charge on any atom is -0.451 e. The molecule has 1 amide bonds. The third kappa shape index (κ3) is 2.89. The van der Waals surface area contributed by atoms with Gasteiger partial charge in [-0.2, -0.15) is 0 Å². The lowest BCUT2D eigenvalue weighted by atomic mass is 10.2. The fourth-order valence-corrected chi connectivity index (χ4v) is 2.12. The van der Waals surface area contributed by atoms with Gasteiger partial charge in [0.1, 0.15) is 5.58 Å². The number of nitrogen functional groups attached to an aromatic ring is 1. The monoisotopic (exact) mass is 260 g/mol. The SMILES string of the molecule is CCN(CC(C)C)C(=O)c1cc2cc(N)ccc2o1. The number of carbonyl (C=O) groups is 1. The minimum atomic E-state index is -0.0639. The summed E-state index contributed by atoms with van der Waals surface area (Å²) in [6.45, 7) is 7.57. The Morgan fingerprint density at radius 1 is 1.37 bits per heavy atom. The van der Waals surface area contributed by atoms with E-state index in [4.69, 9.17) is 10.2 Å². The van der Waals surface area contributed by atoms with Crippen LogP contribution in [0, 0.1) is 5.92 Å². The molecule has 4 nitrogen and oxygen atoms in total. The highest BCUT2D eigenvalue weighted by Crippen LogP contribution is 2.22.